The molecule has 2 amide bonds. The van der Waals surface area contributed by atoms with Crippen molar-refractivity contribution in [2.45, 2.75) is 13.3 Å². The number of amides is 2. The molecular formula is C17H16N2O2. The minimum Gasteiger partial charge on any atom is -0.274 e. The standard InChI is InChI=1S/C17H16N2O2/c1-8-3-2-4-13(18-8)19-16(20)14-9-5-6-10(12-7-11(9)12)15(14)17(19)21/h2-6,9-12,14-15H,7H2,1H3/t9-,10-,11-,12-,14-,15+/m0/s1. The van der Waals surface area contributed by atoms with E-state index in [1.54, 1.807) is 6.07 Å². The van der Waals surface area contributed by atoms with E-state index in [-0.39, 0.29) is 35.5 Å². The molecule has 0 radical (unpaired) electrons. The van der Waals surface area contributed by atoms with Crippen molar-refractivity contribution >= 4 is 17.6 Å². The van der Waals surface area contributed by atoms with E-state index in [9.17, 15) is 9.59 Å². The largest absolute Gasteiger partial charge is 0.274 e. The van der Waals surface area contributed by atoms with E-state index in [0.29, 0.717) is 17.7 Å². The number of hydrogen-bond donors (Lipinski definition) is 0. The molecule has 0 spiro atoms. The Balaban J connectivity index is 1.60. The van der Waals surface area contributed by atoms with Crippen LogP contribution in [0.4, 0.5) is 5.82 Å². The molecule has 1 aromatic heterocycles. The number of rotatable bonds is 1. The maximum Gasteiger partial charge on any atom is 0.239 e. The third kappa shape index (κ3) is 1.33. The normalized spacial score (nSPS) is 42.2. The van der Waals surface area contributed by atoms with Crippen LogP contribution in [-0.4, -0.2) is 16.8 Å². The summed E-state index contributed by atoms with van der Waals surface area (Å²) in [5.74, 6) is 1.98. The lowest BCUT2D eigenvalue weighted by Gasteiger charge is -2.37. The second-order valence-electron chi connectivity index (χ2n) is 6.80. The highest BCUT2D eigenvalue weighted by atomic mass is 16.2. The quantitative estimate of drug-likeness (QED) is 0.583. The molecule has 4 nitrogen and oxygen atoms in total. The van der Waals surface area contributed by atoms with Gasteiger partial charge in [0.2, 0.25) is 11.8 Å². The average molecular weight is 280 g/mol. The smallest absolute Gasteiger partial charge is 0.239 e. The topological polar surface area (TPSA) is 50.3 Å². The van der Waals surface area contributed by atoms with E-state index in [1.165, 1.54) is 11.3 Å². The first kappa shape index (κ1) is 11.7. The Labute approximate surface area is 122 Å². The number of pyridine rings is 1. The SMILES string of the molecule is Cc1cccc(N2C(=O)[C@@H]3[C@H]4C=C[C@@H]([C@@H]5C[C@@H]45)[C@@H]3C2=O)n1. The number of imide groups is 1. The van der Waals surface area contributed by atoms with Crippen molar-refractivity contribution in [1.29, 1.82) is 0 Å². The van der Waals surface area contributed by atoms with Gasteiger partial charge in [-0.2, -0.15) is 0 Å². The van der Waals surface area contributed by atoms with Crippen LogP contribution in [-0.2, 0) is 9.59 Å². The zero-order chi connectivity index (χ0) is 14.3. The first-order valence-electron chi connectivity index (χ1n) is 7.66. The van der Waals surface area contributed by atoms with E-state index in [1.807, 2.05) is 19.1 Å². The Morgan fingerprint density at radius 3 is 2.24 bits per heavy atom. The number of anilines is 1. The lowest BCUT2D eigenvalue weighted by Crippen LogP contribution is -2.40. The summed E-state index contributed by atoms with van der Waals surface area (Å²) in [6.45, 7) is 1.88. The van der Waals surface area contributed by atoms with Crippen molar-refractivity contribution in [3.8, 4) is 0 Å². The van der Waals surface area contributed by atoms with Crippen LogP contribution in [0.1, 0.15) is 12.1 Å². The number of carbonyl (C=O) groups is 2. The van der Waals surface area contributed by atoms with Gasteiger partial charge in [0.25, 0.3) is 0 Å². The zero-order valence-corrected chi connectivity index (χ0v) is 11.8. The van der Waals surface area contributed by atoms with Gasteiger partial charge >= 0.3 is 0 Å². The first-order chi connectivity index (χ1) is 10.2. The summed E-state index contributed by atoms with van der Waals surface area (Å²) in [5.41, 5.74) is 0.826. The second-order valence-corrected chi connectivity index (χ2v) is 6.80. The average Bonchev–Trinajstić information content (AvgIpc) is 3.24. The van der Waals surface area contributed by atoms with Crippen LogP contribution in [0.15, 0.2) is 30.4 Å². The Hall–Kier alpha value is -1.97. The highest BCUT2D eigenvalue weighted by molar-refractivity contribution is 6.22. The molecule has 21 heavy (non-hydrogen) atoms. The van der Waals surface area contributed by atoms with E-state index >= 15 is 0 Å². The number of aromatic nitrogens is 1. The van der Waals surface area contributed by atoms with Gasteiger partial charge in [-0.3, -0.25) is 9.59 Å². The van der Waals surface area contributed by atoms with Crippen LogP contribution in [0.2, 0.25) is 0 Å². The summed E-state index contributed by atoms with van der Waals surface area (Å²) in [4.78, 5) is 31.4. The van der Waals surface area contributed by atoms with Gasteiger partial charge in [-0.1, -0.05) is 18.2 Å². The molecule has 0 unspecified atom stereocenters. The maximum absolute atomic E-state index is 12.8. The fourth-order valence-corrected chi connectivity index (χ4v) is 4.84. The van der Waals surface area contributed by atoms with Crippen molar-refractivity contribution in [3.63, 3.8) is 0 Å². The monoisotopic (exact) mass is 280 g/mol. The van der Waals surface area contributed by atoms with Crippen LogP contribution in [0, 0.1) is 42.4 Å². The van der Waals surface area contributed by atoms with E-state index in [0.717, 1.165) is 5.69 Å². The molecule has 2 bridgehead atoms. The highest BCUT2D eigenvalue weighted by Gasteiger charge is 2.67. The molecule has 2 heterocycles. The fourth-order valence-electron chi connectivity index (χ4n) is 4.84. The number of nitrogens with zero attached hydrogens (tertiary/aromatic N) is 2. The molecule has 0 aromatic carbocycles. The van der Waals surface area contributed by atoms with E-state index < -0.39 is 0 Å². The van der Waals surface area contributed by atoms with Crippen molar-refractivity contribution in [2.75, 3.05) is 4.90 Å². The Morgan fingerprint density at radius 2 is 1.67 bits per heavy atom. The van der Waals surface area contributed by atoms with Gasteiger partial charge in [0.05, 0.1) is 11.8 Å². The van der Waals surface area contributed by atoms with E-state index in [4.69, 9.17) is 0 Å². The van der Waals surface area contributed by atoms with Crippen molar-refractivity contribution in [2.24, 2.45) is 35.5 Å². The van der Waals surface area contributed by atoms with Crippen molar-refractivity contribution < 1.29 is 9.59 Å². The molecule has 1 aromatic rings. The van der Waals surface area contributed by atoms with Crippen molar-refractivity contribution in [3.05, 3.63) is 36.0 Å². The van der Waals surface area contributed by atoms with Crippen LogP contribution < -0.4 is 4.90 Å². The molecule has 0 N–H and O–H groups in total. The van der Waals surface area contributed by atoms with Gasteiger partial charge in [-0.05, 0) is 49.1 Å². The van der Waals surface area contributed by atoms with Gasteiger partial charge in [0.1, 0.15) is 5.82 Å². The molecule has 2 saturated carbocycles. The fraction of sp³-hybridized carbons (Fsp3) is 0.471. The number of hydrogen-bond acceptors (Lipinski definition) is 3. The summed E-state index contributed by atoms with van der Waals surface area (Å²) in [5, 5.41) is 0. The minimum atomic E-state index is -0.140. The predicted octanol–water partition coefficient (Wildman–Crippen LogP) is 1.95. The maximum atomic E-state index is 12.8. The van der Waals surface area contributed by atoms with Gasteiger partial charge in [0.15, 0.2) is 0 Å². The number of aryl methyl sites for hydroxylation is 1. The van der Waals surface area contributed by atoms with Crippen LogP contribution in [0.25, 0.3) is 0 Å². The number of allylic oxidation sites excluding steroid dienone is 2. The summed E-state index contributed by atoms with van der Waals surface area (Å²) in [6.07, 6.45) is 5.58. The zero-order valence-electron chi connectivity index (χ0n) is 11.8. The lowest BCUT2D eigenvalue weighted by atomic mass is 9.63. The molecule has 106 valence electrons. The number of carbonyl (C=O) groups excluding carboxylic acids is 2. The molecule has 5 aliphatic rings. The van der Waals surface area contributed by atoms with Crippen LogP contribution in [0.5, 0.6) is 0 Å². The third-order valence-corrected chi connectivity index (χ3v) is 5.77. The molecule has 4 heteroatoms. The van der Waals surface area contributed by atoms with Crippen molar-refractivity contribution in [1.82, 2.24) is 4.98 Å². The summed E-state index contributed by atoms with van der Waals surface area (Å²) in [7, 11) is 0. The summed E-state index contributed by atoms with van der Waals surface area (Å²) < 4.78 is 0. The van der Waals surface area contributed by atoms with Crippen LogP contribution >= 0.6 is 0 Å². The van der Waals surface area contributed by atoms with Crippen LogP contribution in [0.3, 0.4) is 0 Å². The second kappa shape index (κ2) is 3.62. The highest BCUT2D eigenvalue weighted by Crippen LogP contribution is 2.65. The summed E-state index contributed by atoms with van der Waals surface area (Å²) in [6, 6.07) is 5.49. The predicted molar refractivity (Wildman–Crippen MR) is 76.2 cm³/mol. The third-order valence-electron chi connectivity index (χ3n) is 5.77. The Morgan fingerprint density at radius 1 is 1.05 bits per heavy atom. The molecule has 1 saturated heterocycles. The Kier molecular flexibility index (Phi) is 2.01. The van der Waals surface area contributed by atoms with Gasteiger partial charge in [-0.25, -0.2) is 9.88 Å². The molecule has 6 rings (SSSR count). The molecule has 4 aliphatic carbocycles. The van der Waals surface area contributed by atoms with Gasteiger partial charge in [0, 0.05) is 5.69 Å². The first-order valence-corrected chi connectivity index (χ1v) is 7.66. The summed E-state index contributed by atoms with van der Waals surface area (Å²) >= 11 is 0. The molecular weight excluding hydrogens is 264 g/mol. The molecule has 3 fully saturated rings. The van der Waals surface area contributed by atoms with E-state index in [2.05, 4.69) is 17.1 Å². The van der Waals surface area contributed by atoms with Gasteiger partial charge < -0.3 is 0 Å². The Bertz CT molecular complexity index is 674. The lowest BCUT2D eigenvalue weighted by molar-refractivity contribution is -0.124. The molecule has 1 aliphatic heterocycles. The van der Waals surface area contributed by atoms with Gasteiger partial charge in [-0.15, -0.1) is 0 Å². The molecule has 6 atom stereocenters. The minimum absolute atomic E-state index is 0.0344.